The molecule has 1 aliphatic rings. The summed E-state index contributed by atoms with van der Waals surface area (Å²) >= 11 is 0. The summed E-state index contributed by atoms with van der Waals surface area (Å²) in [6.07, 6.45) is 1.85. The molecule has 1 fully saturated rings. The molecule has 0 spiro atoms. The van der Waals surface area contributed by atoms with Gasteiger partial charge in [-0.25, -0.2) is 0 Å². The predicted molar refractivity (Wildman–Crippen MR) is 75.4 cm³/mol. The Morgan fingerprint density at radius 3 is 2.63 bits per heavy atom. The summed E-state index contributed by atoms with van der Waals surface area (Å²) in [6, 6.07) is 0.553. The molecule has 5 nitrogen and oxygen atoms in total. The van der Waals surface area contributed by atoms with Crippen molar-refractivity contribution in [2.75, 3.05) is 20.2 Å². The van der Waals surface area contributed by atoms with E-state index >= 15 is 0 Å². The summed E-state index contributed by atoms with van der Waals surface area (Å²) in [5.41, 5.74) is -0.870. The zero-order valence-corrected chi connectivity index (χ0v) is 12.8. The van der Waals surface area contributed by atoms with E-state index in [0.717, 1.165) is 19.6 Å². The second-order valence-electron chi connectivity index (χ2n) is 6.10. The van der Waals surface area contributed by atoms with Crippen molar-refractivity contribution in [3.8, 4) is 0 Å². The standard InChI is InChI=1S/C14H28N2O3/c1-10(2)15-14(4,13(17)18)7-8-16(5)12-6-9-19-11(12)3/h10-12,15H,6-9H2,1-5H3,(H,17,18). The van der Waals surface area contributed by atoms with Crippen LogP contribution in [0.2, 0.25) is 0 Å². The zero-order chi connectivity index (χ0) is 14.6. The fraction of sp³-hybridized carbons (Fsp3) is 0.929. The lowest BCUT2D eigenvalue weighted by atomic mass is 9.96. The smallest absolute Gasteiger partial charge is 0.323 e. The molecular weight excluding hydrogens is 244 g/mol. The molecule has 0 aromatic rings. The van der Waals surface area contributed by atoms with E-state index in [2.05, 4.69) is 17.1 Å². The lowest BCUT2D eigenvalue weighted by Crippen LogP contribution is -2.54. The molecule has 0 aliphatic carbocycles. The van der Waals surface area contributed by atoms with Gasteiger partial charge in [-0.05, 0) is 47.6 Å². The van der Waals surface area contributed by atoms with Crippen LogP contribution in [0.1, 0.15) is 40.5 Å². The molecule has 0 saturated carbocycles. The van der Waals surface area contributed by atoms with Crippen LogP contribution >= 0.6 is 0 Å². The van der Waals surface area contributed by atoms with E-state index in [4.69, 9.17) is 4.74 Å². The van der Waals surface area contributed by atoms with E-state index in [1.54, 1.807) is 6.92 Å². The van der Waals surface area contributed by atoms with Crippen LogP contribution in [-0.4, -0.2) is 59.9 Å². The fourth-order valence-electron chi connectivity index (χ4n) is 2.74. The Morgan fingerprint density at radius 1 is 1.58 bits per heavy atom. The Hall–Kier alpha value is -0.650. The van der Waals surface area contributed by atoms with Gasteiger partial charge in [-0.15, -0.1) is 0 Å². The number of carboxylic acid groups (broad SMARTS) is 1. The van der Waals surface area contributed by atoms with Gasteiger partial charge in [-0.2, -0.15) is 0 Å². The minimum atomic E-state index is -0.870. The number of likely N-dealkylation sites (N-methyl/N-ethyl adjacent to an activating group) is 1. The van der Waals surface area contributed by atoms with Gasteiger partial charge in [0, 0.05) is 25.2 Å². The quantitative estimate of drug-likeness (QED) is 0.732. The van der Waals surface area contributed by atoms with E-state index in [1.165, 1.54) is 0 Å². The monoisotopic (exact) mass is 272 g/mol. The maximum Gasteiger partial charge on any atom is 0.323 e. The van der Waals surface area contributed by atoms with Gasteiger partial charge in [0.15, 0.2) is 0 Å². The number of nitrogens with zero attached hydrogens (tertiary/aromatic N) is 1. The molecule has 2 N–H and O–H groups in total. The minimum Gasteiger partial charge on any atom is -0.480 e. The minimum absolute atomic E-state index is 0.153. The summed E-state index contributed by atoms with van der Waals surface area (Å²) in [6.45, 7) is 9.34. The second-order valence-corrected chi connectivity index (χ2v) is 6.10. The number of carboxylic acids is 1. The predicted octanol–water partition coefficient (Wildman–Crippen LogP) is 1.33. The van der Waals surface area contributed by atoms with E-state index < -0.39 is 11.5 Å². The Kier molecular flexibility index (Phi) is 5.77. The lowest BCUT2D eigenvalue weighted by Gasteiger charge is -2.33. The highest BCUT2D eigenvalue weighted by molar-refractivity contribution is 5.78. The molecule has 0 bridgehead atoms. The molecule has 1 saturated heterocycles. The highest BCUT2D eigenvalue weighted by Crippen LogP contribution is 2.20. The topological polar surface area (TPSA) is 61.8 Å². The molecule has 0 amide bonds. The first-order valence-corrected chi connectivity index (χ1v) is 7.09. The van der Waals surface area contributed by atoms with Gasteiger partial charge in [0.2, 0.25) is 0 Å². The molecule has 3 unspecified atom stereocenters. The third kappa shape index (κ3) is 4.44. The van der Waals surface area contributed by atoms with Crippen molar-refractivity contribution in [3.05, 3.63) is 0 Å². The van der Waals surface area contributed by atoms with Crippen LogP contribution in [-0.2, 0) is 9.53 Å². The molecular formula is C14H28N2O3. The molecule has 3 atom stereocenters. The number of aliphatic carboxylic acids is 1. The average molecular weight is 272 g/mol. The molecule has 1 aliphatic heterocycles. The van der Waals surface area contributed by atoms with Crippen molar-refractivity contribution < 1.29 is 14.6 Å². The zero-order valence-electron chi connectivity index (χ0n) is 12.8. The van der Waals surface area contributed by atoms with Crippen molar-refractivity contribution in [2.45, 2.75) is 64.3 Å². The van der Waals surface area contributed by atoms with Crippen molar-refractivity contribution in [3.63, 3.8) is 0 Å². The molecule has 0 aromatic carbocycles. The molecule has 0 aromatic heterocycles. The van der Waals surface area contributed by atoms with Gasteiger partial charge >= 0.3 is 5.97 Å². The fourth-order valence-corrected chi connectivity index (χ4v) is 2.74. The highest BCUT2D eigenvalue weighted by Gasteiger charge is 2.35. The maximum absolute atomic E-state index is 11.4. The lowest BCUT2D eigenvalue weighted by molar-refractivity contribution is -0.145. The summed E-state index contributed by atoms with van der Waals surface area (Å²) < 4.78 is 5.56. The Labute approximate surface area is 116 Å². The molecule has 0 radical (unpaired) electrons. The van der Waals surface area contributed by atoms with E-state index in [0.29, 0.717) is 12.5 Å². The van der Waals surface area contributed by atoms with Crippen LogP contribution < -0.4 is 5.32 Å². The van der Waals surface area contributed by atoms with Gasteiger partial charge in [0.25, 0.3) is 0 Å². The Bertz CT molecular complexity index is 309. The number of hydrogen-bond donors (Lipinski definition) is 2. The first kappa shape index (κ1) is 16.4. The van der Waals surface area contributed by atoms with E-state index in [-0.39, 0.29) is 12.1 Å². The number of ether oxygens (including phenoxy) is 1. The van der Waals surface area contributed by atoms with Crippen molar-refractivity contribution >= 4 is 5.97 Å². The van der Waals surface area contributed by atoms with Crippen molar-refractivity contribution in [2.24, 2.45) is 0 Å². The third-order valence-electron chi connectivity index (χ3n) is 3.95. The summed E-state index contributed by atoms with van der Waals surface area (Å²) in [5, 5.41) is 12.6. The maximum atomic E-state index is 11.4. The van der Waals surface area contributed by atoms with Gasteiger partial charge in [0.05, 0.1) is 6.10 Å². The SMILES string of the molecule is CC(C)NC(C)(CCN(C)C1CCOC1C)C(=O)O. The molecule has 112 valence electrons. The van der Waals surface area contributed by atoms with Gasteiger partial charge in [-0.3, -0.25) is 10.1 Å². The van der Waals surface area contributed by atoms with Crippen LogP contribution in [0, 0.1) is 0 Å². The highest BCUT2D eigenvalue weighted by atomic mass is 16.5. The molecule has 5 heteroatoms. The average Bonchev–Trinajstić information content (AvgIpc) is 2.71. The van der Waals surface area contributed by atoms with Crippen molar-refractivity contribution in [1.29, 1.82) is 0 Å². The molecule has 19 heavy (non-hydrogen) atoms. The number of nitrogens with one attached hydrogen (secondary N) is 1. The first-order chi connectivity index (χ1) is 8.76. The van der Waals surface area contributed by atoms with Gasteiger partial charge in [-0.1, -0.05) is 0 Å². The van der Waals surface area contributed by atoms with Gasteiger partial charge in [0.1, 0.15) is 5.54 Å². The first-order valence-electron chi connectivity index (χ1n) is 7.09. The van der Waals surface area contributed by atoms with Crippen LogP contribution in [0.3, 0.4) is 0 Å². The van der Waals surface area contributed by atoms with Crippen LogP contribution in [0.15, 0.2) is 0 Å². The van der Waals surface area contributed by atoms with Crippen LogP contribution in [0.25, 0.3) is 0 Å². The van der Waals surface area contributed by atoms with Gasteiger partial charge < -0.3 is 14.7 Å². The number of carbonyl (C=O) groups is 1. The largest absolute Gasteiger partial charge is 0.480 e. The normalized spacial score (nSPS) is 26.9. The van der Waals surface area contributed by atoms with Crippen LogP contribution in [0.4, 0.5) is 0 Å². The van der Waals surface area contributed by atoms with Crippen molar-refractivity contribution in [1.82, 2.24) is 10.2 Å². The number of rotatable bonds is 7. The van der Waals surface area contributed by atoms with Crippen LogP contribution in [0.5, 0.6) is 0 Å². The second kappa shape index (κ2) is 6.68. The third-order valence-corrected chi connectivity index (χ3v) is 3.95. The van der Waals surface area contributed by atoms with E-state index in [9.17, 15) is 9.90 Å². The molecule has 1 rings (SSSR count). The summed E-state index contributed by atoms with van der Waals surface area (Å²) in [4.78, 5) is 13.7. The van der Waals surface area contributed by atoms with E-state index in [1.807, 2.05) is 20.9 Å². The Balaban J connectivity index is 2.54. The Morgan fingerprint density at radius 2 is 2.21 bits per heavy atom. The summed E-state index contributed by atoms with van der Waals surface area (Å²) in [5.74, 6) is -0.787. The number of hydrogen-bond acceptors (Lipinski definition) is 4. The molecule has 1 heterocycles. The summed E-state index contributed by atoms with van der Waals surface area (Å²) in [7, 11) is 2.05.